The predicted octanol–water partition coefficient (Wildman–Crippen LogP) is 1.58. The van der Waals surface area contributed by atoms with Gasteiger partial charge < -0.3 is 11.5 Å². The minimum Gasteiger partial charge on any atom is -0.329 e. The van der Waals surface area contributed by atoms with Crippen molar-refractivity contribution in [3.8, 4) is 0 Å². The first-order chi connectivity index (χ1) is 6.06. The van der Waals surface area contributed by atoms with Gasteiger partial charge in [-0.25, -0.2) is 8.78 Å². The number of rotatable bonds is 2. The highest BCUT2D eigenvalue weighted by atomic mass is 35.5. The molecule has 0 aromatic heterocycles. The van der Waals surface area contributed by atoms with Crippen LogP contribution in [0.5, 0.6) is 0 Å². The van der Waals surface area contributed by atoms with E-state index in [0.717, 1.165) is 12.1 Å². The van der Waals surface area contributed by atoms with E-state index >= 15 is 0 Å². The lowest BCUT2D eigenvalue weighted by Gasteiger charge is -2.11. The van der Waals surface area contributed by atoms with E-state index in [2.05, 4.69) is 0 Å². The molecule has 0 aliphatic heterocycles. The molecule has 0 bridgehead atoms. The van der Waals surface area contributed by atoms with Crippen LogP contribution in [0.2, 0.25) is 5.02 Å². The number of hydrogen-bond donors (Lipinski definition) is 2. The van der Waals surface area contributed by atoms with E-state index in [1.54, 1.807) is 0 Å². The predicted molar refractivity (Wildman–Crippen MR) is 47.4 cm³/mol. The first kappa shape index (κ1) is 10.4. The summed E-state index contributed by atoms with van der Waals surface area (Å²) in [7, 11) is 0. The minimum atomic E-state index is -0.836. The van der Waals surface area contributed by atoms with E-state index in [1.165, 1.54) is 0 Å². The Morgan fingerprint density at radius 1 is 1.31 bits per heavy atom. The molecule has 0 spiro atoms. The van der Waals surface area contributed by atoms with Gasteiger partial charge in [-0.2, -0.15) is 0 Å². The van der Waals surface area contributed by atoms with Crippen molar-refractivity contribution >= 4 is 11.6 Å². The van der Waals surface area contributed by atoms with Crippen molar-refractivity contribution in [2.45, 2.75) is 6.04 Å². The van der Waals surface area contributed by atoms with Gasteiger partial charge in [-0.3, -0.25) is 0 Å². The SMILES string of the molecule is NC[C@@H](N)c1c(F)cc(Cl)cc1F. The first-order valence-corrected chi connectivity index (χ1v) is 4.04. The zero-order valence-corrected chi connectivity index (χ0v) is 7.48. The molecule has 0 unspecified atom stereocenters. The van der Waals surface area contributed by atoms with E-state index in [-0.39, 0.29) is 17.1 Å². The van der Waals surface area contributed by atoms with Gasteiger partial charge in [0.2, 0.25) is 0 Å². The molecule has 1 rings (SSSR count). The van der Waals surface area contributed by atoms with Crippen LogP contribution < -0.4 is 11.5 Å². The van der Waals surface area contributed by atoms with Crippen molar-refractivity contribution in [1.82, 2.24) is 0 Å². The lowest BCUT2D eigenvalue weighted by Crippen LogP contribution is -2.23. The molecule has 2 nitrogen and oxygen atoms in total. The van der Waals surface area contributed by atoms with Crippen molar-refractivity contribution in [2.24, 2.45) is 11.5 Å². The van der Waals surface area contributed by atoms with Crippen molar-refractivity contribution < 1.29 is 8.78 Å². The van der Waals surface area contributed by atoms with Gasteiger partial charge in [0.05, 0.1) is 0 Å². The van der Waals surface area contributed by atoms with E-state index in [4.69, 9.17) is 23.1 Å². The molecule has 1 atom stereocenters. The van der Waals surface area contributed by atoms with Gasteiger partial charge in [-0.1, -0.05) is 11.6 Å². The highest BCUT2D eigenvalue weighted by molar-refractivity contribution is 6.30. The second-order valence-corrected chi connectivity index (χ2v) is 3.06. The minimum absolute atomic E-state index is 0.00275. The van der Waals surface area contributed by atoms with Crippen molar-refractivity contribution in [2.75, 3.05) is 6.54 Å². The van der Waals surface area contributed by atoms with Crippen LogP contribution in [0.4, 0.5) is 8.78 Å². The summed E-state index contributed by atoms with van der Waals surface area (Å²) in [6.07, 6.45) is 0. The molecule has 0 heterocycles. The third-order valence-electron chi connectivity index (χ3n) is 1.67. The van der Waals surface area contributed by atoms with Crippen LogP contribution in [0, 0.1) is 11.6 Å². The average molecular weight is 207 g/mol. The topological polar surface area (TPSA) is 52.0 Å². The second kappa shape index (κ2) is 4.00. The van der Waals surface area contributed by atoms with Gasteiger partial charge in [0.25, 0.3) is 0 Å². The van der Waals surface area contributed by atoms with Crippen molar-refractivity contribution in [3.05, 3.63) is 34.4 Å². The Balaban J connectivity index is 3.20. The first-order valence-electron chi connectivity index (χ1n) is 3.66. The Labute approximate surface area is 79.5 Å². The van der Waals surface area contributed by atoms with E-state index in [1.807, 2.05) is 0 Å². The van der Waals surface area contributed by atoms with Gasteiger partial charge in [0.15, 0.2) is 0 Å². The van der Waals surface area contributed by atoms with E-state index in [0.29, 0.717) is 0 Å². The van der Waals surface area contributed by atoms with Crippen LogP contribution in [0.15, 0.2) is 12.1 Å². The number of benzene rings is 1. The fraction of sp³-hybridized carbons (Fsp3) is 0.250. The lowest BCUT2D eigenvalue weighted by atomic mass is 10.1. The van der Waals surface area contributed by atoms with E-state index < -0.39 is 17.7 Å². The summed E-state index contributed by atoms with van der Waals surface area (Å²) in [6.45, 7) is -0.0184. The lowest BCUT2D eigenvalue weighted by molar-refractivity contribution is 0.528. The summed E-state index contributed by atoms with van der Waals surface area (Å²) in [6, 6.07) is 1.18. The van der Waals surface area contributed by atoms with Crippen LogP contribution >= 0.6 is 11.6 Å². The molecule has 0 aliphatic rings. The van der Waals surface area contributed by atoms with Crippen molar-refractivity contribution in [1.29, 1.82) is 0 Å². The molecule has 5 heteroatoms. The highest BCUT2D eigenvalue weighted by Gasteiger charge is 2.16. The smallest absolute Gasteiger partial charge is 0.132 e. The maximum Gasteiger partial charge on any atom is 0.132 e. The standard InChI is InChI=1S/C8H9ClF2N2/c9-4-1-5(10)8(6(11)2-4)7(13)3-12/h1-2,7H,3,12-13H2/t7-/m1/s1. The molecule has 0 saturated carbocycles. The largest absolute Gasteiger partial charge is 0.329 e. The Hall–Kier alpha value is -0.710. The molecule has 4 N–H and O–H groups in total. The summed E-state index contributed by atoms with van der Waals surface area (Å²) in [5, 5.41) is 0.00275. The van der Waals surface area contributed by atoms with Crippen LogP contribution in [0.25, 0.3) is 0 Å². The molecule has 0 fully saturated rings. The van der Waals surface area contributed by atoms with Gasteiger partial charge in [-0.05, 0) is 12.1 Å². The molecule has 72 valence electrons. The third kappa shape index (κ3) is 2.15. The summed E-state index contributed by atoms with van der Waals surface area (Å²) < 4.78 is 26.2. The molecule has 0 amide bonds. The molecule has 1 aromatic carbocycles. The summed E-state index contributed by atoms with van der Waals surface area (Å²) in [5.41, 5.74) is 10.4. The molecule has 0 aliphatic carbocycles. The Bertz CT molecular complexity index is 294. The molecule has 0 radical (unpaired) electrons. The molecular weight excluding hydrogens is 198 g/mol. The van der Waals surface area contributed by atoms with Gasteiger partial charge in [0.1, 0.15) is 11.6 Å². The third-order valence-corrected chi connectivity index (χ3v) is 1.89. The molecule has 0 saturated heterocycles. The van der Waals surface area contributed by atoms with Gasteiger partial charge in [0, 0.05) is 23.2 Å². The van der Waals surface area contributed by atoms with Gasteiger partial charge >= 0.3 is 0 Å². The number of hydrogen-bond acceptors (Lipinski definition) is 2. The fourth-order valence-electron chi connectivity index (χ4n) is 1.03. The van der Waals surface area contributed by atoms with Crippen molar-refractivity contribution in [3.63, 3.8) is 0 Å². The zero-order valence-electron chi connectivity index (χ0n) is 6.73. The molecule has 1 aromatic rings. The van der Waals surface area contributed by atoms with Crippen LogP contribution in [0.3, 0.4) is 0 Å². The molecular formula is C8H9ClF2N2. The van der Waals surface area contributed by atoms with Crippen LogP contribution in [0.1, 0.15) is 11.6 Å². The quantitative estimate of drug-likeness (QED) is 0.772. The van der Waals surface area contributed by atoms with Gasteiger partial charge in [-0.15, -0.1) is 0 Å². The maximum atomic E-state index is 13.1. The Kier molecular flexibility index (Phi) is 3.19. The number of halogens is 3. The normalized spacial score (nSPS) is 13.0. The maximum absolute atomic E-state index is 13.1. The average Bonchev–Trinajstić information content (AvgIpc) is 2.02. The van der Waals surface area contributed by atoms with Crippen LogP contribution in [-0.2, 0) is 0 Å². The highest BCUT2D eigenvalue weighted by Crippen LogP contribution is 2.22. The van der Waals surface area contributed by atoms with Crippen LogP contribution in [-0.4, -0.2) is 6.54 Å². The monoisotopic (exact) mass is 206 g/mol. The fourth-order valence-corrected chi connectivity index (χ4v) is 1.22. The summed E-state index contributed by atoms with van der Waals surface area (Å²) >= 11 is 5.42. The second-order valence-electron chi connectivity index (χ2n) is 2.63. The number of nitrogens with two attached hydrogens (primary N) is 2. The summed E-state index contributed by atoms with van der Waals surface area (Å²) in [5.74, 6) is -1.52. The summed E-state index contributed by atoms with van der Waals surface area (Å²) in [4.78, 5) is 0. The zero-order chi connectivity index (χ0) is 10.0. The Morgan fingerprint density at radius 3 is 2.15 bits per heavy atom. The Morgan fingerprint density at radius 2 is 1.77 bits per heavy atom. The van der Waals surface area contributed by atoms with E-state index in [9.17, 15) is 8.78 Å². The molecule has 13 heavy (non-hydrogen) atoms.